The molecule has 0 unspecified atom stereocenters. The molecule has 0 aromatic carbocycles. The predicted molar refractivity (Wildman–Crippen MR) is 108 cm³/mol. The number of halogens is 2. The van der Waals surface area contributed by atoms with Gasteiger partial charge in [0.15, 0.2) is 0 Å². The number of rotatable bonds is 8. The molecule has 1 aliphatic heterocycles. The van der Waals surface area contributed by atoms with Crippen molar-refractivity contribution in [1.29, 1.82) is 0 Å². The van der Waals surface area contributed by atoms with Crippen LogP contribution >= 0.6 is 24.8 Å². The standard InChI is InChI=1S/C18H35N3O2.2ClH/c1-3-20(4-2)12-13-23-16-8-10-21(11-9-16)18(22)17-7-5-6-15(17)14-19;;/h15-17H,3-14,19H2,1-2H3;2*1H/t15-,17-;;/m1../s1. The van der Waals surface area contributed by atoms with Crippen LogP contribution in [0.15, 0.2) is 0 Å². The van der Waals surface area contributed by atoms with Crippen LogP contribution in [0.1, 0.15) is 46.0 Å². The van der Waals surface area contributed by atoms with E-state index in [4.69, 9.17) is 10.5 Å². The number of amides is 1. The van der Waals surface area contributed by atoms with E-state index in [0.717, 1.165) is 71.4 Å². The summed E-state index contributed by atoms with van der Waals surface area (Å²) < 4.78 is 6.01. The van der Waals surface area contributed by atoms with Gasteiger partial charge in [-0.05, 0) is 51.2 Å². The second kappa shape index (κ2) is 13.2. The van der Waals surface area contributed by atoms with Gasteiger partial charge in [-0.1, -0.05) is 20.3 Å². The Bertz CT molecular complexity index is 362. The Hall–Kier alpha value is -0.0700. The number of carbonyl (C=O) groups is 1. The van der Waals surface area contributed by atoms with Crippen LogP contribution in [0.2, 0.25) is 0 Å². The third-order valence-electron chi connectivity index (χ3n) is 5.69. The van der Waals surface area contributed by atoms with Crippen LogP contribution in [0.25, 0.3) is 0 Å². The topological polar surface area (TPSA) is 58.8 Å². The van der Waals surface area contributed by atoms with Gasteiger partial charge in [0.05, 0.1) is 12.7 Å². The normalized spacial score (nSPS) is 24.1. The number of ether oxygens (including phenoxy) is 1. The highest BCUT2D eigenvalue weighted by Crippen LogP contribution is 2.33. The maximum atomic E-state index is 12.7. The number of hydrogen-bond donors (Lipinski definition) is 1. The molecule has 0 aromatic heterocycles. The summed E-state index contributed by atoms with van der Waals surface area (Å²) in [6, 6.07) is 0. The van der Waals surface area contributed by atoms with E-state index in [-0.39, 0.29) is 30.7 Å². The second-order valence-electron chi connectivity index (χ2n) is 6.96. The van der Waals surface area contributed by atoms with Crippen molar-refractivity contribution in [3.63, 3.8) is 0 Å². The van der Waals surface area contributed by atoms with Crippen molar-refractivity contribution in [3.8, 4) is 0 Å². The van der Waals surface area contributed by atoms with Gasteiger partial charge in [0.1, 0.15) is 0 Å². The van der Waals surface area contributed by atoms with Gasteiger partial charge in [-0.2, -0.15) is 0 Å². The summed E-state index contributed by atoms with van der Waals surface area (Å²) in [5.74, 6) is 0.935. The zero-order chi connectivity index (χ0) is 16.7. The fraction of sp³-hybridized carbons (Fsp3) is 0.944. The minimum atomic E-state index is 0. The third-order valence-corrected chi connectivity index (χ3v) is 5.69. The van der Waals surface area contributed by atoms with Gasteiger partial charge in [0.25, 0.3) is 0 Å². The molecule has 2 atom stereocenters. The van der Waals surface area contributed by atoms with Crippen LogP contribution in [0.4, 0.5) is 0 Å². The smallest absolute Gasteiger partial charge is 0.226 e. The average molecular weight is 398 g/mol. The van der Waals surface area contributed by atoms with Crippen LogP contribution in [-0.4, -0.2) is 67.7 Å². The molecule has 2 rings (SSSR count). The van der Waals surface area contributed by atoms with Crippen LogP contribution in [0.3, 0.4) is 0 Å². The molecule has 2 N–H and O–H groups in total. The molecule has 25 heavy (non-hydrogen) atoms. The van der Waals surface area contributed by atoms with Gasteiger partial charge in [-0.15, -0.1) is 24.8 Å². The van der Waals surface area contributed by atoms with E-state index in [1.165, 1.54) is 0 Å². The Kier molecular flexibility index (Phi) is 13.1. The summed E-state index contributed by atoms with van der Waals surface area (Å²) >= 11 is 0. The lowest BCUT2D eigenvalue weighted by molar-refractivity contribution is -0.139. The number of nitrogens with zero attached hydrogens (tertiary/aromatic N) is 2. The van der Waals surface area contributed by atoms with E-state index >= 15 is 0 Å². The number of piperidine rings is 1. The molecule has 150 valence electrons. The molecule has 1 saturated carbocycles. The van der Waals surface area contributed by atoms with E-state index in [9.17, 15) is 4.79 Å². The summed E-state index contributed by atoms with van der Waals surface area (Å²) in [7, 11) is 0. The molecule has 0 radical (unpaired) electrons. The number of hydrogen-bond acceptors (Lipinski definition) is 4. The fourth-order valence-electron chi connectivity index (χ4n) is 4.01. The van der Waals surface area contributed by atoms with Gasteiger partial charge in [0.2, 0.25) is 5.91 Å². The van der Waals surface area contributed by atoms with Gasteiger partial charge >= 0.3 is 0 Å². The van der Waals surface area contributed by atoms with E-state index < -0.39 is 0 Å². The largest absolute Gasteiger partial charge is 0.377 e. The Labute approximate surface area is 165 Å². The first kappa shape index (κ1) is 24.9. The van der Waals surface area contributed by atoms with Crippen molar-refractivity contribution >= 4 is 30.7 Å². The number of likely N-dealkylation sites (tertiary alicyclic amines) is 1. The number of nitrogens with two attached hydrogens (primary N) is 1. The average Bonchev–Trinajstić information content (AvgIpc) is 3.07. The zero-order valence-corrected chi connectivity index (χ0v) is 17.5. The zero-order valence-electron chi connectivity index (χ0n) is 15.8. The SMILES string of the molecule is CCN(CC)CCOC1CCN(C(=O)[C@@H]2CCC[C@@H]2CN)CC1.Cl.Cl. The maximum absolute atomic E-state index is 12.7. The van der Waals surface area contributed by atoms with Gasteiger partial charge in [0, 0.05) is 25.6 Å². The lowest BCUT2D eigenvalue weighted by Crippen LogP contribution is -2.45. The molecule has 1 saturated heterocycles. The van der Waals surface area contributed by atoms with Crippen molar-refractivity contribution in [2.24, 2.45) is 17.6 Å². The monoisotopic (exact) mass is 397 g/mol. The summed E-state index contributed by atoms with van der Waals surface area (Å²) in [6.45, 7) is 10.7. The number of carbonyl (C=O) groups excluding carboxylic acids is 1. The van der Waals surface area contributed by atoms with Crippen molar-refractivity contribution in [1.82, 2.24) is 9.80 Å². The van der Waals surface area contributed by atoms with Crippen LogP contribution in [0.5, 0.6) is 0 Å². The fourth-order valence-corrected chi connectivity index (χ4v) is 4.01. The van der Waals surface area contributed by atoms with Gasteiger partial charge in [-0.3, -0.25) is 4.79 Å². The third kappa shape index (κ3) is 7.22. The molecule has 5 nitrogen and oxygen atoms in total. The van der Waals surface area contributed by atoms with E-state index in [0.29, 0.717) is 24.5 Å². The van der Waals surface area contributed by atoms with Crippen molar-refractivity contribution < 1.29 is 9.53 Å². The molecule has 0 aromatic rings. The summed E-state index contributed by atoms with van der Waals surface area (Å²) in [5, 5.41) is 0. The summed E-state index contributed by atoms with van der Waals surface area (Å²) in [4.78, 5) is 17.1. The first-order valence-electron chi connectivity index (χ1n) is 9.52. The van der Waals surface area contributed by atoms with E-state index in [2.05, 4.69) is 23.6 Å². The molecule has 7 heteroatoms. The molecular formula is C18H37Cl2N3O2. The van der Waals surface area contributed by atoms with Crippen molar-refractivity contribution in [3.05, 3.63) is 0 Å². The first-order chi connectivity index (χ1) is 11.2. The Balaban J connectivity index is 0.00000288. The molecule has 2 aliphatic rings. The predicted octanol–water partition coefficient (Wildman–Crippen LogP) is 2.55. The first-order valence-corrected chi connectivity index (χ1v) is 9.52. The molecule has 0 spiro atoms. The van der Waals surface area contributed by atoms with Crippen LogP contribution < -0.4 is 5.73 Å². The Morgan fingerprint density at radius 2 is 1.76 bits per heavy atom. The molecule has 1 aliphatic carbocycles. The maximum Gasteiger partial charge on any atom is 0.226 e. The molecule has 2 fully saturated rings. The highest BCUT2D eigenvalue weighted by Gasteiger charge is 2.35. The minimum absolute atomic E-state index is 0. The molecular weight excluding hydrogens is 361 g/mol. The van der Waals surface area contributed by atoms with Crippen LogP contribution in [-0.2, 0) is 9.53 Å². The highest BCUT2D eigenvalue weighted by atomic mass is 35.5. The van der Waals surface area contributed by atoms with E-state index in [1.807, 2.05) is 0 Å². The highest BCUT2D eigenvalue weighted by molar-refractivity contribution is 5.85. The Morgan fingerprint density at radius 1 is 1.12 bits per heavy atom. The van der Waals surface area contributed by atoms with Gasteiger partial charge in [-0.25, -0.2) is 0 Å². The lowest BCUT2D eigenvalue weighted by Gasteiger charge is -2.34. The minimum Gasteiger partial charge on any atom is -0.377 e. The molecule has 0 bridgehead atoms. The number of likely N-dealkylation sites (N-methyl/N-ethyl adjacent to an activating group) is 1. The molecule has 1 heterocycles. The van der Waals surface area contributed by atoms with Crippen molar-refractivity contribution in [2.75, 3.05) is 45.9 Å². The van der Waals surface area contributed by atoms with Crippen molar-refractivity contribution in [2.45, 2.75) is 52.1 Å². The quantitative estimate of drug-likeness (QED) is 0.683. The lowest BCUT2D eigenvalue weighted by atomic mass is 9.93. The summed E-state index contributed by atoms with van der Waals surface area (Å²) in [5.41, 5.74) is 5.82. The Morgan fingerprint density at radius 3 is 2.32 bits per heavy atom. The van der Waals surface area contributed by atoms with Crippen LogP contribution in [0, 0.1) is 11.8 Å². The second-order valence-corrected chi connectivity index (χ2v) is 6.96. The molecule has 1 amide bonds. The summed E-state index contributed by atoms with van der Waals surface area (Å²) in [6.07, 6.45) is 5.58. The van der Waals surface area contributed by atoms with Gasteiger partial charge < -0.3 is 20.3 Å². The van der Waals surface area contributed by atoms with E-state index in [1.54, 1.807) is 0 Å².